The van der Waals surface area contributed by atoms with Gasteiger partial charge in [-0.1, -0.05) is 54.1 Å². The Morgan fingerprint density at radius 1 is 1.00 bits per heavy atom. The molecule has 5 rings (SSSR count). The minimum Gasteiger partial charge on any atom is -0.423 e. The van der Waals surface area contributed by atoms with Gasteiger partial charge in [-0.25, -0.2) is 21.8 Å². The van der Waals surface area contributed by atoms with Gasteiger partial charge in [0.15, 0.2) is 14.9 Å². The maximum absolute atomic E-state index is 13.0. The molecule has 2 aromatic carbocycles. The van der Waals surface area contributed by atoms with Crippen molar-refractivity contribution in [3.05, 3.63) is 83.2 Å². The number of hydrogen-bond donors (Lipinski definition) is 3. The van der Waals surface area contributed by atoms with Crippen molar-refractivity contribution in [3.8, 4) is 11.3 Å². The van der Waals surface area contributed by atoms with E-state index in [-0.39, 0.29) is 22.8 Å². The number of nitrogens with zero attached hydrogens (tertiary/aromatic N) is 4. The van der Waals surface area contributed by atoms with Crippen LogP contribution in [0.25, 0.3) is 11.3 Å². The summed E-state index contributed by atoms with van der Waals surface area (Å²) in [5.74, 6) is -4.18. The predicted octanol–water partition coefficient (Wildman–Crippen LogP) is 2.28. The van der Waals surface area contributed by atoms with Crippen molar-refractivity contribution in [1.29, 1.82) is 0 Å². The van der Waals surface area contributed by atoms with Crippen molar-refractivity contribution in [2.45, 2.75) is 17.4 Å². The molecule has 1 atom stereocenters. The maximum Gasteiger partial charge on any atom is 0.241 e. The molecular weight excluding hydrogens is 582 g/mol. The third-order valence-corrected chi connectivity index (χ3v) is 9.09. The van der Waals surface area contributed by atoms with E-state index < -0.39 is 48.8 Å². The van der Waals surface area contributed by atoms with Crippen LogP contribution >= 0.6 is 11.6 Å². The van der Waals surface area contributed by atoms with Crippen LogP contribution in [0.2, 0.25) is 5.02 Å². The topological polar surface area (TPSA) is 189 Å². The lowest BCUT2D eigenvalue weighted by molar-refractivity contribution is -0.113. The van der Waals surface area contributed by atoms with Gasteiger partial charge in [-0.3, -0.25) is 10.1 Å². The molecular formula is C24H22ClN7O6S2. The number of hydrazone groups is 1. The second kappa shape index (κ2) is 11.2. The second-order valence-corrected chi connectivity index (χ2v) is 13.3. The van der Waals surface area contributed by atoms with Crippen LogP contribution in [0.3, 0.4) is 0 Å². The zero-order valence-corrected chi connectivity index (χ0v) is 23.0. The van der Waals surface area contributed by atoms with Crippen LogP contribution in [-0.2, 0) is 36.0 Å². The van der Waals surface area contributed by atoms with E-state index in [1.54, 1.807) is 48.5 Å². The third-order valence-electron chi connectivity index (χ3n) is 5.81. The molecule has 40 heavy (non-hydrogen) atoms. The summed E-state index contributed by atoms with van der Waals surface area (Å²) in [6.45, 7) is 0.314. The van der Waals surface area contributed by atoms with E-state index in [4.69, 9.17) is 16.0 Å². The van der Waals surface area contributed by atoms with E-state index in [0.717, 1.165) is 11.1 Å². The number of sulfone groups is 2. The molecule has 0 radical (unpaired) electrons. The van der Waals surface area contributed by atoms with Gasteiger partial charge in [-0.15, -0.1) is 10.2 Å². The molecule has 0 aliphatic carbocycles. The number of aromatic nitrogens is 4. The zero-order valence-electron chi connectivity index (χ0n) is 20.6. The number of H-pyrrole nitrogens is 1. The predicted molar refractivity (Wildman–Crippen MR) is 147 cm³/mol. The maximum atomic E-state index is 13.0. The summed E-state index contributed by atoms with van der Waals surface area (Å²) in [6.07, 6.45) is 1.48. The number of carbonyl (C=O) groups excluding carboxylic acids is 1. The summed E-state index contributed by atoms with van der Waals surface area (Å²) >= 11 is 5.89. The Labute approximate surface area is 233 Å². The van der Waals surface area contributed by atoms with Crippen molar-refractivity contribution in [1.82, 2.24) is 25.6 Å². The number of nitrogens with one attached hydrogen (secondary N) is 3. The quantitative estimate of drug-likeness (QED) is 0.256. The molecule has 0 saturated carbocycles. The standard InChI is InChI=1S/C24H22ClN7O6S2/c25-17-8-6-16(7-9-17)19-11-26-24(28-19)29-20(33)12-39(34,35)13-21-30-31-22(38-21)14-40(36,37)23-18(10-27-32-23)15-4-2-1-3-5-15/h1-9,11,18,27H,10,12-14H2,(H2,26,28,29,33). The highest BCUT2D eigenvalue weighted by molar-refractivity contribution is 8.05. The van der Waals surface area contributed by atoms with Crippen LogP contribution in [-0.4, -0.2) is 60.2 Å². The molecule has 3 heterocycles. The lowest BCUT2D eigenvalue weighted by Gasteiger charge is -2.11. The summed E-state index contributed by atoms with van der Waals surface area (Å²) < 4.78 is 56.5. The third kappa shape index (κ3) is 6.55. The highest BCUT2D eigenvalue weighted by atomic mass is 35.5. The fourth-order valence-electron chi connectivity index (χ4n) is 4.02. The van der Waals surface area contributed by atoms with Crippen molar-refractivity contribution < 1.29 is 26.0 Å². The molecule has 1 aliphatic heterocycles. The van der Waals surface area contributed by atoms with E-state index in [1.165, 1.54) is 6.20 Å². The number of imidazole rings is 1. The van der Waals surface area contributed by atoms with E-state index in [1.807, 2.05) is 6.07 Å². The van der Waals surface area contributed by atoms with E-state index in [0.29, 0.717) is 17.3 Å². The fourth-order valence-corrected chi connectivity index (χ4v) is 6.66. The first kappa shape index (κ1) is 27.5. The molecule has 16 heteroatoms. The molecule has 3 N–H and O–H groups in total. The summed E-state index contributed by atoms with van der Waals surface area (Å²) in [7, 11) is -8.00. The largest absolute Gasteiger partial charge is 0.423 e. The van der Waals surface area contributed by atoms with E-state index in [9.17, 15) is 21.6 Å². The highest BCUT2D eigenvalue weighted by Crippen LogP contribution is 2.25. The molecule has 4 aromatic rings. The van der Waals surface area contributed by atoms with E-state index >= 15 is 0 Å². The average Bonchev–Trinajstić information content (AvgIpc) is 3.66. The minimum atomic E-state index is -4.04. The molecule has 13 nitrogen and oxygen atoms in total. The monoisotopic (exact) mass is 603 g/mol. The number of anilines is 1. The van der Waals surface area contributed by atoms with Gasteiger partial charge in [0.2, 0.25) is 33.5 Å². The number of amides is 1. The Morgan fingerprint density at radius 2 is 1.70 bits per heavy atom. The Bertz CT molecular complexity index is 1770. The van der Waals surface area contributed by atoms with Crippen LogP contribution < -0.4 is 10.7 Å². The average molecular weight is 604 g/mol. The summed E-state index contributed by atoms with van der Waals surface area (Å²) in [5, 5.41) is 14.2. The van der Waals surface area contributed by atoms with Crippen molar-refractivity contribution in [2.24, 2.45) is 5.10 Å². The van der Waals surface area contributed by atoms with Gasteiger partial charge < -0.3 is 14.8 Å². The first-order valence-electron chi connectivity index (χ1n) is 11.8. The fraction of sp³-hybridized carbons (Fsp3) is 0.208. The van der Waals surface area contributed by atoms with Crippen LogP contribution in [0, 0.1) is 0 Å². The Balaban J connectivity index is 1.18. The van der Waals surface area contributed by atoms with Gasteiger partial charge in [-0.05, 0) is 23.3 Å². The molecule has 0 bridgehead atoms. The lowest BCUT2D eigenvalue weighted by Crippen LogP contribution is -2.24. The second-order valence-electron chi connectivity index (χ2n) is 8.86. The van der Waals surface area contributed by atoms with Crippen molar-refractivity contribution >= 4 is 48.2 Å². The van der Waals surface area contributed by atoms with Gasteiger partial charge >= 0.3 is 0 Å². The Hall–Kier alpha value is -4.08. The molecule has 1 amide bonds. The van der Waals surface area contributed by atoms with Gasteiger partial charge in [0, 0.05) is 11.6 Å². The first-order valence-corrected chi connectivity index (χ1v) is 15.6. The van der Waals surface area contributed by atoms with Gasteiger partial charge in [0.1, 0.15) is 17.3 Å². The zero-order chi connectivity index (χ0) is 28.3. The first-order chi connectivity index (χ1) is 19.1. The van der Waals surface area contributed by atoms with Gasteiger partial charge in [-0.2, -0.15) is 5.10 Å². The molecule has 208 valence electrons. The number of benzene rings is 2. The number of hydrogen-bond acceptors (Lipinski definition) is 11. The highest BCUT2D eigenvalue weighted by Gasteiger charge is 2.35. The minimum absolute atomic E-state index is 0.0635. The van der Waals surface area contributed by atoms with Crippen LogP contribution in [0.5, 0.6) is 0 Å². The Kier molecular flexibility index (Phi) is 7.69. The molecule has 0 fully saturated rings. The van der Waals surface area contributed by atoms with Crippen LogP contribution in [0.1, 0.15) is 23.3 Å². The lowest BCUT2D eigenvalue weighted by atomic mass is 10.0. The van der Waals surface area contributed by atoms with E-state index in [2.05, 4.69) is 36.0 Å². The van der Waals surface area contributed by atoms with Gasteiger partial charge in [0.25, 0.3) is 0 Å². The van der Waals surface area contributed by atoms with Gasteiger partial charge in [0.05, 0.1) is 17.8 Å². The van der Waals surface area contributed by atoms with Crippen molar-refractivity contribution in [2.75, 3.05) is 17.6 Å². The van der Waals surface area contributed by atoms with Crippen molar-refractivity contribution in [3.63, 3.8) is 0 Å². The Morgan fingerprint density at radius 3 is 2.42 bits per heavy atom. The molecule has 1 aliphatic rings. The normalized spacial score (nSPS) is 15.4. The number of rotatable bonds is 9. The van der Waals surface area contributed by atoms with Crippen LogP contribution in [0.4, 0.5) is 5.95 Å². The summed E-state index contributed by atoms with van der Waals surface area (Å²) in [5.41, 5.74) is 4.85. The number of halogens is 1. The molecule has 1 unspecified atom stereocenters. The molecule has 0 saturated heterocycles. The summed E-state index contributed by atoms with van der Waals surface area (Å²) in [4.78, 5) is 19.3. The number of aromatic amines is 1. The molecule has 2 aromatic heterocycles. The SMILES string of the molecule is O=C(CS(=O)(=O)Cc1nnc(CS(=O)(=O)C2=NNCC2c2ccccc2)o1)Nc1ncc(-c2ccc(Cl)cc2)[nH]1. The molecule has 0 spiro atoms. The van der Waals surface area contributed by atoms with Crippen LogP contribution in [0.15, 0.2) is 70.3 Å². The summed E-state index contributed by atoms with van der Waals surface area (Å²) in [6, 6.07) is 15.9. The smallest absolute Gasteiger partial charge is 0.241 e. The number of carbonyl (C=O) groups is 1.